The van der Waals surface area contributed by atoms with Crippen LogP contribution in [0, 0.1) is 5.82 Å². The second-order valence-electron chi connectivity index (χ2n) is 2.88. The van der Waals surface area contributed by atoms with E-state index in [0.29, 0.717) is 6.42 Å². The summed E-state index contributed by atoms with van der Waals surface area (Å²) in [6.07, 6.45) is 0.496. The molecule has 13 heavy (non-hydrogen) atoms. The monoisotopic (exact) mass is 206 g/mol. The van der Waals surface area contributed by atoms with Gasteiger partial charge in [-0.15, -0.1) is 12.4 Å². The van der Waals surface area contributed by atoms with Crippen molar-refractivity contribution in [2.45, 2.75) is 19.4 Å². The van der Waals surface area contributed by atoms with E-state index >= 15 is 0 Å². The first-order valence-corrected chi connectivity index (χ1v) is 3.89. The van der Waals surface area contributed by atoms with Crippen LogP contribution in [0.2, 0.25) is 0 Å². The zero-order valence-electron chi connectivity index (χ0n) is 10.4. The summed E-state index contributed by atoms with van der Waals surface area (Å²) in [4.78, 5) is 0. The summed E-state index contributed by atoms with van der Waals surface area (Å²) in [6.45, 7) is -0.385. The van der Waals surface area contributed by atoms with Crippen molar-refractivity contribution in [2.75, 3.05) is 6.98 Å². The Bertz CT molecular complexity index is 330. The highest BCUT2D eigenvalue weighted by Gasteiger charge is 2.00. The Kier molecular flexibility index (Phi) is 3.55. The van der Waals surface area contributed by atoms with Crippen molar-refractivity contribution >= 4 is 12.4 Å². The number of likely N-dealkylation sites (N-methyl/N-ethyl adjacent to an activating group) is 1. The van der Waals surface area contributed by atoms with Crippen molar-refractivity contribution in [1.29, 1.82) is 0 Å². The molecule has 1 atom stereocenters. The van der Waals surface area contributed by atoms with Crippen LogP contribution in [0.25, 0.3) is 0 Å². The van der Waals surface area contributed by atoms with Crippen LogP contribution in [0.3, 0.4) is 0 Å². The van der Waals surface area contributed by atoms with Crippen LogP contribution in [-0.4, -0.2) is 13.0 Å². The molecule has 0 aliphatic rings. The highest BCUT2D eigenvalue weighted by Crippen LogP contribution is 2.05. The van der Waals surface area contributed by atoms with Crippen LogP contribution < -0.4 is 5.32 Å². The molecule has 1 N–H and O–H groups in total. The van der Waals surface area contributed by atoms with E-state index in [2.05, 4.69) is 5.32 Å². The molecule has 0 spiro atoms. The molecule has 1 rings (SSSR count). The second-order valence-corrected chi connectivity index (χ2v) is 2.88. The summed E-state index contributed by atoms with van der Waals surface area (Å²) in [6, 6.07) is 5.97. The van der Waals surface area contributed by atoms with Crippen molar-refractivity contribution < 1.29 is 8.50 Å². The Balaban J connectivity index is 0.00000225. The molecule has 74 valence electrons. The van der Waals surface area contributed by atoms with Gasteiger partial charge < -0.3 is 5.32 Å². The fourth-order valence-electron chi connectivity index (χ4n) is 1.07. The van der Waals surface area contributed by atoms with Crippen LogP contribution in [0.5, 0.6) is 0 Å². The van der Waals surface area contributed by atoms with E-state index in [4.69, 9.17) is 4.11 Å². The molecule has 1 aromatic carbocycles. The number of halogens is 2. The molecule has 0 radical (unpaired) electrons. The second kappa shape index (κ2) is 5.95. The highest BCUT2D eigenvalue weighted by molar-refractivity contribution is 5.85. The molecule has 0 heterocycles. The number of benzene rings is 1. The van der Waals surface area contributed by atoms with Gasteiger partial charge in [-0.25, -0.2) is 4.39 Å². The van der Waals surface area contributed by atoms with E-state index in [-0.39, 0.29) is 24.3 Å². The van der Waals surface area contributed by atoms with Crippen LogP contribution in [0.4, 0.5) is 4.39 Å². The molecular formula is C10H15ClFN. The maximum Gasteiger partial charge on any atom is 0.123 e. The first-order chi connectivity index (χ1) is 6.87. The van der Waals surface area contributed by atoms with E-state index in [1.54, 1.807) is 19.1 Å². The van der Waals surface area contributed by atoms with E-state index in [0.717, 1.165) is 5.56 Å². The molecule has 0 aromatic heterocycles. The van der Waals surface area contributed by atoms with Gasteiger partial charge in [0.1, 0.15) is 5.82 Å². The molecule has 0 aliphatic carbocycles. The molecule has 0 saturated heterocycles. The smallest absolute Gasteiger partial charge is 0.123 e. The first kappa shape index (κ1) is 7.77. The van der Waals surface area contributed by atoms with Crippen LogP contribution in [0.1, 0.15) is 16.6 Å². The van der Waals surface area contributed by atoms with E-state index < -0.39 is 6.98 Å². The maximum absolute atomic E-state index is 12.8. The first-order valence-electron chi connectivity index (χ1n) is 5.39. The van der Waals surface area contributed by atoms with E-state index in [1.807, 2.05) is 0 Å². The molecule has 0 aliphatic heterocycles. The third-order valence-corrected chi connectivity index (χ3v) is 1.68. The van der Waals surface area contributed by atoms with Crippen molar-refractivity contribution in [1.82, 2.24) is 5.32 Å². The zero-order valence-corrected chi connectivity index (χ0v) is 8.20. The van der Waals surface area contributed by atoms with Crippen molar-refractivity contribution in [3.63, 3.8) is 0 Å². The van der Waals surface area contributed by atoms with Gasteiger partial charge >= 0.3 is 0 Å². The Morgan fingerprint density at radius 2 is 2.38 bits per heavy atom. The minimum Gasteiger partial charge on any atom is -0.317 e. The molecule has 1 nitrogen and oxygen atoms in total. The van der Waals surface area contributed by atoms with Gasteiger partial charge in [0.25, 0.3) is 0 Å². The van der Waals surface area contributed by atoms with Crippen LogP contribution in [-0.2, 0) is 6.42 Å². The van der Waals surface area contributed by atoms with Gasteiger partial charge in [-0.05, 0) is 38.0 Å². The van der Waals surface area contributed by atoms with Gasteiger partial charge in [-0.1, -0.05) is 12.1 Å². The summed E-state index contributed by atoms with van der Waals surface area (Å²) in [7, 11) is 0. The average Bonchev–Trinajstić information content (AvgIpc) is 1.99. The Morgan fingerprint density at radius 1 is 1.62 bits per heavy atom. The molecule has 3 heteroatoms. The zero-order chi connectivity index (χ0) is 11.5. The number of nitrogens with one attached hydrogen (secondary N) is 1. The van der Waals surface area contributed by atoms with Gasteiger partial charge in [0, 0.05) is 10.2 Å². The lowest BCUT2D eigenvalue weighted by molar-refractivity contribution is 0.597. The Hall–Kier alpha value is -0.600. The number of hydrogen-bond acceptors (Lipinski definition) is 1. The molecule has 0 amide bonds. The molecular weight excluding hydrogens is 189 g/mol. The maximum atomic E-state index is 12.8. The summed E-state index contributed by atoms with van der Waals surface area (Å²) in [5, 5.41) is 2.46. The fourth-order valence-corrected chi connectivity index (χ4v) is 1.07. The summed E-state index contributed by atoms with van der Waals surface area (Å²) in [5.74, 6) is -0.298. The lowest BCUT2D eigenvalue weighted by Crippen LogP contribution is -2.23. The van der Waals surface area contributed by atoms with Crippen molar-refractivity contribution in [2.24, 2.45) is 0 Å². The molecule has 1 unspecified atom stereocenters. The topological polar surface area (TPSA) is 12.0 Å². The van der Waals surface area contributed by atoms with Gasteiger partial charge in [0.05, 0.1) is 0 Å². The SMILES string of the molecule is Cl.[2H]C([2H])([2H])NC(C)Cc1cccc(F)c1. The van der Waals surface area contributed by atoms with Crippen molar-refractivity contribution in [3.05, 3.63) is 35.6 Å². The van der Waals surface area contributed by atoms with E-state index in [1.165, 1.54) is 12.1 Å². The Labute approximate surface area is 89.0 Å². The third-order valence-electron chi connectivity index (χ3n) is 1.68. The van der Waals surface area contributed by atoms with Gasteiger partial charge in [0.15, 0.2) is 0 Å². The fraction of sp³-hybridized carbons (Fsp3) is 0.400. The minimum absolute atomic E-state index is 0. The summed E-state index contributed by atoms with van der Waals surface area (Å²) in [5.41, 5.74) is 0.791. The predicted octanol–water partition coefficient (Wildman–Crippen LogP) is 2.40. The predicted molar refractivity (Wildman–Crippen MR) is 55.9 cm³/mol. The largest absolute Gasteiger partial charge is 0.317 e. The third kappa shape index (κ3) is 4.25. The molecule has 0 fully saturated rings. The van der Waals surface area contributed by atoms with Crippen LogP contribution in [0.15, 0.2) is 24.3 Å². The molecule has 0 saturated carbocycles. The normalized spacial score (nSPS) is 16.3. The molecule has 0 bridgehead atoms. The lowest BCUT2D eigenvalue weighted by Gasteiger charge is -2.09. The average molecular weight is 207 g/mol. The minimum atomic E-state index is -2.15. The summed E-state index contributed by atoms with van der Waals surface area (Å²) >= 11 is 0. The van der Waals surface area contributed by atoms with Crippen molar-refractivity contribution in [3.8, 4) is 0 Å². The standard InChI is InChI=1S/C10H14FN.ClH/c1-8(12-2)6-9-4-3-5-10(11)7-9;/h3-5,7-8,12H,6H2,1-2H3;1H/i2D3;. The van der Waals surface area contributed by atoms with Gasteiger partial charge in [0.2, 0.25) is 0 Å². The molecule has 1 aromatic rings. The van der Waals surface area contributed by atoms with Gasteiger partial charge in [-0.2, -0.15) is 0 Å². The van der Waals surface area contributed by atoms with Crippen LogP contribution >= 0.6 is 12.4 Å². The highest BCUT2D eigenvalue weighted by atomic mass is 35.5. The number of hydrogen-bond donors (Lipinski definition) is 1. The van der Waals surface area contributed by atoms with E-state index in [9.17, 15) is 4.39 Å². The number of rotatable bonds is 3. The lowest BCUT2D eigenvalue weighted by atomic mass is 10.1. The quantitative estimate of drug-likeness (QED) is 0.801. The van der Waals surface area contributed by atoms with Gasteiger partial charge in [-0.3, -0.25) is 0 Å². The Morgan fingerprint density at radius 3 is 3.00 bits per heavy atom. The summed E-state index contributed by atoms with van der Waals surface area (Å²) < 4.78 is 33.9.